The van der Waals surface area contributed by atoms with Crippen LogP contribution in [-0.2, 0) is 0 Å². The summed E-state index contributed by atoms with van der Waals surface area (Å²) in [7, 11) is 0. The average Bonchev–Trinajstić information content (AvgIpc) is 2.88. The Hall–Kier alpha value is -3.48. The number of carboxylic acids is 1. The molecule has 1 heterocycles. The number of benzene rings is 2. The third-order valence-electron chi connectivity index (χ3n) is 3.44. The molecule has 0 saturated heterocycles. The molecule has 0 atom stereocenters. The third-order valence-corrected chi connectivity index (χ3v) is 3.44. The number of carbonyl (C=O) groups is 1. The fourth-order valence-corrected chi connectivity index (χ4v) is 2.20. The van der Waals surface area contributed by atoms with Crippen LogP contribution in [0.5, 0.6) is 0 Å². The molecule has 0 aliphatic rings. The van der Waals surface area contributed by atoms with E-state index in [2.05, 4.69) is 15.3 Å². The van der Waals surface area contributed by atoms with Crippen LogP contribution < -0.4 is 5.73 Å². The van der Waals surface area contributed by atoms with Crippen molar-refractivity contribution in [1.29, 1.82) is 0 Å². The molecule has 120 valence electrons. The molecule has 0 aliphatic carbocycles. The molecule has 0 bridgehead atoms. The van der Waals surface area contributed by atoms with Gasteiger partial charge in [0.1, 0.15) is 0 Å². The van der Waals surface area contributed by atoms with E-state index in [1.165, 1.54) is 12.1 Å². The van der Waals surface area contributed by atoms with Crippen LogP contribution >= 0.6 is 0 Å². The zero-order valence-electron chi connectivity index (χ0n) is 12.9. The first-order chi connectivity index (χ1) is 11.6. The number of rotatable bonds is 4. The molecule has 0 amide bonds. The van der Waals surface area contributed by atoms with E-state index in [9.17, 15) is 4.79 Å². The van der Waals surface area contributed by atoms with E-state index in [1.807, 2.05) is 30.3 Å². The summed E-state index contributed by atoms with van der Waals surface area (Å²) in [6.07, 6.45) is 0. The van der Waals surface area contributed by atoms with E-state index < -0.39 is 5.97 Å². The molecular formula is C17H15N5O2. The Morgan fingerprint density at radius 1 is 1.08 bits per heavy atom. The predicted molar refractivity (Wildman–Crippen MR) is 90.3 cm³/mol. The number of azo groups is 1. The number of nitrogens with two attached hydrogens (primary N) is 1. The lowest BCUT2D eigenvalue weighted by molar-refractivity contribution is 0.0697. The smallest absolute Gasteiger partial charge is 0.335 e. The average molecular weight is 321 g/mol. The van der Waals surface area contributed by atoms with E-state index in [1.54, 1.807) is 23.7 Å². The quantitative estimate of drug-likeness (QED) is 0.711. The van der Waals surface area contributed by atoms with Gasteiger partial charge in [0.05, 0.1) is 22.6 Å². The number of nitrogens with zero attached hydrogens (tertiary/aromatic N) is 4. The minimum Gasteiger partial charge on any atom is -0.478 e. The lowest BCUT2D eigenvalue weighted by Crippen LogP contribution is -2.01. The third kappa shape index (κ3) is 3.00. The number of aromatic nitrogens is 2. The minimum atomic E-state index is -0.984. The maximum Gasteiger partial charge on any atom is 0.335 e. The molecule has 2 aromatic carbocycles. The highest BCUT2D eigenvalue weighted by molar-refractivity contribution is 5.87. The van der Waals surface area contributed by atoms with Gasteiger partial charge >= 0.3 is 5.97 Å². The molecule has 24 heavy (non-hydrogen) atoms. The number of aryl methyl sites for hydroxylation is 1. The zero-order chi connectivity index (χ0) is 17.1. The highest BCUT2D eigenvalue weighted by Crippen LogP contribution is 2.30. The summed E-state index contributed by atoms with van der Waals surface area (Å²) >= 11 is 0. The largest absolute Gasteiger partial charge is 0.478 e. The maximum absolute atomic E-state index is 10.8. The summed E-state index contributed by atoms with van der Waals surface area (Å²) in [6.45, 7) is 1.80. The van der Waals surface area contributed by atoms with Crippen molar-refractivity contribution in [3.63, 3.8) is 0 Å². The normalized spacial score (nSPS) is 11.0. The number of para-hydroxylation sites is 1. The molecule has 7 heteroatoms. The Kier molecular flexibility index (Phi) is 4.07. The van der Waals surface area contributed by atoms with Crippen LogP contribution in [0.4, 0.5) is 17.2 Å². The van der Waals surface area contributed by atoms with Gasteiger partial charge in [0.25, 0.3) is 0 Å². The summed E-state index contributed by atoms with van der Waals surface area (Å²) in [5.74, 6) is -0.590. The van der Waals surface area contributed by atoms with Gasteiger partial charge in [0.15, 0.2) is 11.5 Å². The van der Waals surface area contributed by atoms with Crippen LogP contribution in [0, 0.1) is 6.92 Å². The van der Waals surface area contributed by atoms with E-state index in [4.69, 9.17) is 10.8 Å². The van der Waals surface area contributed by atoms with Crippen LogP contribution in [0.1, 0.15) is 16.1 Å². The second kappa shape index (κ2) is 6.33. The summed E-state index contributed by atoms with van der Waals surface area (Å²) in [5, 5.41) is 21.5. The van der Waals surface area contributed by atoms with Crippen LogP contribution in [0.2, 0.25) is 0 Å². The van der Waals surface area contributed by atoms with Crippen LogP contribution in [0.3, 0.4) is 0 Å². The van der Waals surface area contributed by atoms with Gasteiger partial charge in [0, 0.05) is 0 Å². The molecule has 1 aromatic heterocycles. The minimum absolute atomic E-state index is 0.196. The topological polar surface area (TPSA) is 106 Å². The fraction of sp³-hybridized carbons (Fsp3) is 0.0588. The van der Waals surface area contributed by atoms with Gasteiger partial charge in [-0.25, -0.2) is 9.48 Å². The number of hydrogen-bond donors (Lipinski definition) is 2. The Morgan fingerprint density at radius 2 is 1.75 bits per heavy atom. The van der Waals surface area contributed by atoms with Gasteiger partial charge in [0.2, 0.25) is 0 Å². The molecule has 0 fully saturated rings. The summed E-state index contributed by atoms with van der Waals surface area (Å²) in [5.41, 5.74) is 8.84. The first-order valence-electron chi connectivity index (χ1n) is 7.22. The number of carboxylic acid groups (broad SMARTS) is 1. The highest BCUT2D eigenvalue weighted by atomic mass is 16.4. The lowest BCUT2D eigenvalue weighted by Gasteiger charge is -2.02. The van der Waals surface area contributed by atoms with Crippen molar-refractivity contribution in [2.45, 2.75) is 6.92 Å². The Labute approximate surface area is 138 Å². The van der Waals surface area contributed by atoms with Crippen molar-refractivity contribution in [2.24, 2.45) is 10.2 Å². The van der Waals surface area contributed by atoms with E-state index >= 15 is 0 Å². The number of nitrogen functional groups attached to an aromatic ring is 1. The Morgan fingerprint density at radius 3 is 2.38 bits per heavy atom. The molecule has 3 N–H and O–H groups in total. The van der Waals surface area contributed by atoms with Crippen molar-refractivity contribution in [3.8, 4) is 5.69 Å². The molecule has 0 saturated carbocycles. The zero-order valence-corrected chi connectivity index (χ0v) is 12.9. The molecule has 7 nitrogen and oxygen atoms in total. The van der Waals surface area contributed by atoms with Crippen LogP contribution in [-0.4, -0.2) is 20.9 Å². The summed E-state index contributed by atoms with van der Waals surface area (Å²) in [6, 6.07) is 15.6. The summed E-state index contributed by atoms with van der Waals surface area (Å²) in [4.78, 5) is 10.8. The van der Waals surface area contributed by atoms with Crippen LogP contribution in [0.15, 0.2) is 64.8 Å². The second-order valence-corrected chi connectivity index (χ2v) is 5.12. The maximum atomic E-state index is 10.8. The molecule has 3 aromatic rings. The molecule has 3 rings (SSSR count). The highest BCUT2D eigenvalue weighted by Gasteiger charge is 2.13. The van der Waals surface area contributed by atoms with Gasteiger partial charge in [-0.3, -0.25) is 0 Å². The van der Waals surface area contributed by atoms with Crippen LogP contribution in [0.25, 0.3) is 5.69 Å². The first kappa shape index (κ1) is 15.4. The number of aromatic carboxylic acids is 1. The molecule has 0 spiro atoms. The van der Waals surface area contributed by atoms with Gasteiger partial charge in [-0.1, -0.05) is 18.2 Å². The summed E-state index contributed by atoms with van der Waals surface area (Å²) < 4.78 is 1.61. The fourth-order valence-electron chi connectivity index (χ4n) is 2.20. The van der Waals surface area contributed by atoms with Gasteiger partial charge < -0.3 is 10.8 Å². The van der Waals surface area contributed by atoms with Crippen molar-refractivity contribution < 1.29 is 9.90 Å². The van der Waals surface area contributed by atoms with Crippen molar-refractivity contribution in [1.82, 2.24) is 9.78 Å². The SMILES string of the molecule is Cc1nn(-c2ccccc2)c(N)c1N=Nc1ccc(C(=O)O)cc1. The monoisotopic (exact) mass is 321 g/mol. The molecular weight excluding hydrogens is 306 g/mol. The van der Waals surface area contributed by atoms with Gasteiger partial charge in [-0.15, -0.1) is 5.11 Å². The van der Waals surface area contributed by atoms with E-state index in [-0.39, 0.29) is 5.56 Å². The standard InChI is InChI=1S/C17H15N5O2/c1-11-15(16(18)22(21-11)14-5-3-2-4-6-14)20-19-13-9-7-12(8-10-13)17(23)24/h2-10H,18H2,1H3,(H,23,24). The van der Waals surface area contributed by atoms with Crippen molar-refractivity contribution in [2.75, 3.05) is 5.73 Å². The van der Waals surface area contributed by atoms with Gasteiger partial charge in [-0.2, -0.15) is 10.2 Å². The Bertz CT molecular complexity index is 899. The van der Waals surface area contributed by atoms with Gasteiger partial charge in [-0.05, 0) is 43.3 Å². The molecule has 0 aliphatic heterocycles. The van der Waals surface area contributed by atoms with E-state index in [0.29, 0.717) is 22.9 Å². The van der Waals surface area contributed by atoms with Crippen molar-refractivity contribution >= 4 is 23.2 Å². The lowest BCUT2D eigenvalue weighted by atomic mass is 10.2. The number of hydrogen-bond acceptors (Lipinski definition) is 5. The number of anilines is 1. The molecule has 0 radical (unpaired) electrons. The Balaban J connectivity index is 1.90. The first-order valence-corrected chi connectivity index (χ1v) is 7.22. The predicted octanol–water partition coefficient (Wildman–Crippen LogP) is 3.88. The molecule has 0 unspecified atom stereocenters. The van der Waals surface area contributed by atoms with E-state index in [0.717, 1.165) is 5.69 Å². The second-order valence-electron chi connectivity index (χ2n) is 5.12. The van der Waals surface area contributed by atoms with Crippen molar-refractivity contribution in [3.05, 3.63) is 65.9 Å².